The van der Waals surface area contributed by atoms with Crippen LogP contribution in [0.4, 0.5) is 28.1 Å². The lowest BCUT2D eigenvalue weighted by atomic mass is 10.1. The van der Waals surface area contributed by atoms with Crippen molar-refractivity contribution in [3.05, 3.63) is 112 Å². The van der Waals surface area contributed by atoms with E-state index in [9.17, 15) is 45.3 Å². The van der Waals surface area contributed by atoms with E-state index >= 15 is 0 Å². The van der Waals surface area contributed by atoms with E-state index in [2.05, 4.69) is 9.97 Å². The summed E-state index contributed by atoms with van der Waals surface area (Å²) in [6.07, 6.45) is 0.788. The Morgan fingerprint density at radius 2 is 1.07 bits per heavy atom. The maximum Gasteiger partial charge on any atom is 0.519 e. The molecule has 0 aliphatic carbocycles. The van der Waals surface area contributed by atoms with Crippen molar-refractivity contribution < 1.29 is 34.0 Å². The molecule has 19 heteroatoms. The van der Waals surface area contributed by atoms with Crippen molar-refractivity contribution in [1.82, 2.24) is 19.1 Å². The van der Waals surface area contributed by atoms with E-state index in [4.69, 9.17) is 9.47 Å². The molecule has 19 nitrogen and oxygen atoms in total. The zero-order chi connectivity index (χ0) is 30.7. The van der Waals surface area contributed by atoms with Crippen molar-refractivity contribution >= 4 is 29.4 Å². The number of imidazole rings is 2. The average Bonchev–Trinajstić information content (AvgIpc) is 3.47. The summed E-state index contributed by atoms with van der Waals surface area (Å²) in [6, 6.07) is 6.67. The molecular formula is C23H18N8O11. The van der Waals surface area contributed by atoms with Crippen LogP contribution in [0.2, 0.25) is 0 Å². The fraction of sp³-hybridized carbons (Fsp3) is 0.174. The average molecular weight is 582 g/mol. The number of carbonyl (C=O) groups excluding carboxylic acids is 1. The van der Waals surface area contributed by atoms with Gasteiger partial charge in [0.2, 0.25) is 0 Å². The standard InChI is InChI=1S/C23H18N8O11/c1-26-17(11-24-21(26)30(37)38)9-13-7-15(28(33)34)3-5-19(13)41-23(32)42-20-6-4-16(29(35)36)8-14(20)10-18-12-25-22(27(18)2)31(39)40/h3-8,11-12H,9-10H2,1-2H3. The van der Waals surface area contributed by atoms with E-state index in [0.29, 0.717) is 0 Å². The molecule has 4 aromatic rings. The molecule has 42 heavy (non-hydrogen) atoms. The van der Waals surface area contributed by atoms with Gasteiger partial charge in [0, 0.05) is 48.2 Å². The van der Waals surface area contributed by atoms with E-state index < -0.39 is 37.7 Å². The first kappa shape index (κ1) is 28.7. The number of rotatable bonds is 10. The maximum absolute atomic E-state index is 12.8. The van der Waals surface area contributed by atoms with Gasteiger partial charge >= 0.3 is 18.1 Å². The molecule has 2 aromatic heterocycles. The molecule has 4 rings (SSSR count). The summed E-state index contributed by atoms with van der Waals surface area (Å²) in [5.74, 6) is -1.27. The molecule has 0 fully saturated rings. The van der Waals surface area contributed by atoms with Gasteiger partial charge in [-0.05, 0) is 22.0 Å². The van der Waals surface area contributed by atoms with Crippen molar-refractivity contribution in [2.45, 2.75) is 12.8 Å². The van der Waals surface area contributed by atoms with Crippen LogP contribution >= 0.6 is 0 Å². The summed E-state index contributed by atoms with van der Waals surface area (Å²) in [7, 11) is 2.75. The molecule has 0 aliphatic heterocycles. The van der Waals surface area contributed by atoms with Crippen LogP contribution in [0.25, 0.3) is 0 Å². The summed E-state index contributed by atoms with van der Waals surface area (Å²) >= 11 is 0. The van der Waals surface area contributed by atoms with Gasteiger partial charge in [-0.2, -0.15) is 0 Å². The molecule has 0 radical (unpaired) electrons. The van der Waals surface area contributed by atoms with Crippen molar-refractivity contribution in [2.75, 3.05) is 0 Å². The highest BCUT2D eigenvalue weighted by Crippen LogP contribution is 2.30. The third-order valence-corrected chi connectivity index (χ3v) is 6.09. The van der Waals surface area contributed by atoms with Gasteiger partial charge in [0.15, 0.2) is 0 Å². The second-order valence-electron chi connectivity index (χ2n) is 8.64. The van der Waals surface area contributed by atoms with Crippen LogP contribution in [-0.4, -0.2) is 45.0 Å². The molecule has 0 unspecified atom stereocenters. The Morgan fingerprint density at radius 1 is 0.690 bits per heavy atom. The molecule has 0 spiro atoms. The Bertz CT molecular complexity index is 1640. The predicted octanol–water partition coefficient (Wildman–Crippen LogP) is 3.55. The lowest BCUT2D eigenvalue weighted by Crippen LogP contribution is -2.16. The molecule has 216 valence electrons. The van der Waals surface area contributed by atoms with Crippen LogP contribution in [0.3, 0.4) is 0 Å². The van der Waals surface area contributed by atoms with Gasteiger partial charge in [0.05, 0.1) is 23.9 Å². The number of ether oxygens (including phenoxy) is 2. The van der Waals surface area contributed by atoms with E-state index in [0.717, 1.165) is 45.5 Å². The number of hydrogen-bond donors (Lipinski definition) is 0. The fourth-order valence-corrected chi connectivity index (χ4v) is 3.96. The number of aromatic nitrogens is 4. The van der Waals surface area contributed by atoms with Crippen molar-refractivity contribution in [3.63, 3.8) is 0 Å². The first-order chi connectivity index (χ1) is 19.8. The molecular weight excluding hydrogens is 564 g/mol. The number of nitro benzene ring substituents is 2. The zero-order valence-corrected chi connectivity index (χ0v) is 21.6. The fourth-order valence-electron chi connectivity index (χ4n) is 3.96. The van der Waals surface area contributed by atoms with E-state index in [1.165, 1.54) is 26.5 Å². The third kappa shape index (κ3) is 5.98. The van der Waals surface area contributed by atoms with Crippen molar-refractivity contribution in [3.8, 4) is 11.5 Å². The number of non-ortho nitro benzene ring substituents is 2. The highest BCUT2D eigenvalue weighted by molar-refractivity contribution is 5.69. The highest BCUT2D eigenvalue weighted by Gasteiger charge is 2.24. The van der Waals surface area contributed by atoms with Gasteiger partial charge in [0.25, 0.3) is 11.4 Å². The van der Waals surface area contributed by atoms with Crippen molar-refractivity contribution in [2.24, 2.45) is 14.1 Å². The number of nitro groups is 4. The lowest BCUT2D eigenvalue weighted by molar-refractivity contribution is -0.396. The van der Waals surface area contributed by atoms with Crippen LogP contribution in [0, 0.1) is 40.5 Å². The first-order valence-corrected chi connectivity index (χ1v) is 11.6. The van der Waals surface area contributed by atoms with Gasteiger partial charge in [-0.25, -0.2) is 13.9 Å². The Balaban J connectivity index is 1.63. The summed E-state index contributed by atoms with van der Waals surface area (Å²) in [6.45, 7) is 0. The van der Waals surface area contributed by atoms with Crippen LogP contribution in [0.5, 0.6) is 11.5 Å². The SMILES string of the molecule is Cn1c(Cc2cc([N+](=O)[O-])ccc2OC(=O)Oc2ccc([N+](=O)[O-])cc2Cc2cnc([N+](=O)[O-])n2C)cnc1[N+](=O)[O-]. The van der Waals surface area contributed by atoms with Gasteiger partial charge in [-0.1, -0.05) is 9.97 Å². The second-order valence-corrected chi connectivity index (χ2v) is 8.64. The Hall–Kier alpha value is -6.27. The number of carbonyl (C=O) groups is 1. The minimum absolute atomic E-state index is 0.102. The van der Waals surface area contributed by atoms with Gasteiger partial charge in [-0.3, -0.25) is 20.2 Å². The van der Waals surface area contributed by atoms with Crippen LogP contribution in [0.15, 0.2) is 48.8 Å². The zero-order valence-electron chi connectivity index (χ0n) is 21.6. The van der Waals surface area contributed by atoms with Crippen LogP contribution < -0.4 is 9.47 Å². The normalized spacial score (nSPS) is 10.7. The molecule has 0 atom stereocenters. The molecule has 2 aromatic carbocycles. The van der Waals surface area contributed by atoms with Crippen LogP contribution in [0.1, 0.15) is 22.5 Å². The van der Waals surface area contributed by atoms with Gasteiger partial charge in [-0.15, -0.1) is 0 Å². The van der Waals surface area contributed by atoms with Gasteiger partial charge < -0.3 is 29.7 Å². The van der Waals surface area contributed by atoms with Crippen LogP contribution in [-0.2, 0) is 26.9 Å². The minimum atomic E-state index is -1.31. The van der Waals surface area contributed by atoms with Gasteiger partial charge in [0.1, 0.15) is 35.3 Å². The largest absolute Gasteiger partial charge is 0.519 e. The topological polar surface area (TPSA) is 244 Å². The minimum Gasteiger partial charge on any atom is -0.394 e. The number of nitrogens with zero attached hydrogens (tertiary/aromatic N) is 8. The van der Waals surface area contributed by atoms with E-state index in [-0.39, 0.29) is 58.2 Å². The maximum atomic E-state index is 12.8. The monoisotopic (exact) mass is 582 g/mol. The molecule has 0 saturated heterocycles. The van der Waals surface area contributed by atoms with E-state index in [1.807, 2.05) is 0 Å². The molecule has 2 heterocycles. The smallest absolute Gasteiger partial charge is 0.394 e. The Kier molecular flexibility index (Phi) is 7.84. The predicted molar refractivity (Wildman–Crippen MR) is 138 cm³/mol. The Labute approximate surface area is 233 Å². The second kappa shape index (κ2) is 11.5. The molecule has 0 amide bonds. The first-order valence-electron chi connectivity index (χ1n) is 11.6. The quantitative estimate of drug-likeness (QED) is 0.112. The summed E-state index contributed by atoms with van der Waals surface area (Å²) in [4.78, 5) is 62.4. The number of hydrogen-bond acceptors (Lipinski definition) is 13. The summed E-state index contributed by atoms with van der Waals surface area (Å²) in [5.41, 5.74) is 0.0811. The van der Waals surface area contributed by atoms with E-state index in [1.54, 1.807) is 0 Å². The molecule has 0 N–H and O–H groups in total. The molecule has 0 bridgehead atoms. The van der Waals surface area contributed by atoms with Crippen molar-refractivity contribution in [1.29, 1.82) is 0 Å². The lowest BCUT2D eigenvalue weighted by Gasteiger charge is -2.12. The summed E-state index contributed by atoms with van der Waals surface area (Å²) in [5, 5.41) is 45.0. The highest BCUT2D eigenvalue weighted by atomic mass is 16.7. The Morgan fingerprint density at radius 3 is 1.38 bits per heavy atom. The molecule has 0 saturated carbocycles. The third-order valence-electron chi connectivity index (χ3n) is 6.09. The molecule has 0 aliphatic rings. The number of benzene rings is 2. The summed E-state index contributed by atoms with van der Waals surface area (Å²) < 4.78 is 12.9.